The van der Waals surface area contributed by atoms with Gasteiger partial charge in [-0.15, -0.1) is 0 Å². The van der Waals surface area contributed by atoms with Crippen molar-refractivity contribution in [1.29, 1.82) is 0 Å². The molecule has 1 aliphatic heterocycles. The van der Waals surface area contributed by atoms with Crippen LogP contribution in [0.2, 0.25) is 0 Å². The topological polar surface area (TPSA) is 41.6 Å². The Hall–Kier alpha value is -1.39. The molecule has 1 aromatic rings. The van der Waals surface area contributed by atoms with E-state index in [0.717, 1.165) is 32.0 Å². The molecule has 0 radical (unpaired) electrons. The highest BCUT2D eigenvalue weighted by atomic mass is 16.6. The van der Waals surface area contributed by atoms with Crippen molar-refractivity contribution in [3.05, 3.63) is 34.9 Å². The highest BCUT2D eigenvalue weighted by molar-refractivity contribution is 5.76. The number of nitrogens with zero attached hydrogens (tertiary/aromatic N) is 1. The Labute approximate surface area is 170 Å². The summed E-state index contributed by atoms with van der Waals surface area (Å²) in [7, 11) is 0. The zero-order chi connectivity index (χ0) is 19.7. The Bertz CT molecular complexity index is 705. The number of benzene rings is 1. The lowest BCUT2D eigenvalue weighted by Gasteiger charge is -2.39. The Balaban J connectivity index is 1.50. The molecule has 1 heterocycles. The standard InChI is InChI=1S/C24H36N2O2/c1-24(2,3)28-23(27)22(15-18-9-10-19-5-4-6-20(19)13-18)26-12-11-25-21(16-26)14-17-7-8-17/h9-10,13,17,21-22,25H,4-8,11-12,14-16H2,1-3H3/t21-,22-/m0/s1. The molecule has 1 saturated carbocycles. The van der Waals surface area contributed by atoms with E-state index in [0.29, 0.717) is 6.04 Å². The molecule has 0 amide bonds. The van der Waals surface area contributed by atoms with Crippen LogP contribution in [0.15, 0.2) is 18.2 Å². The van der Waals surface area contributed by atoms with Crippen molar-refractivity contribution in [3.8, 4) is 0 Å². The first-order valence-corrected chi connectivity index (χ1v) is 11.2. The number of carbonyl (C=O) groups is 1. The molecule has 2 atom stereocenters. The number of esters is 1. The second kappa shape index (κ2) is 8.16. The number of nitrogens with one attached hydrogen (secondary N) is 1. The molecule has 154 valence electrons. The van der Waals surface area contributed by atoms with Gasteiger partial charge in [0.2, 0.25) is 0 Å². The number of rotatable bonds is 6. The fourth-order valence-electron chi connectivity index (χ4n) is 4.75. The molecule has 28 heavy (non-hydrogen) atoms. The third-order valence-corrected chi connectivity index (χ3v) is 6.31. The zero-order valence-electron chi connectivity index (χ0n) is 17.8. The van der Waals surface area contributed by atoms with Crippen LogP contribution in [0.25, 0.3) is 0 Å². The summed E-state index contributed by atoms with van der Waals surface area (Å²) < 4.78 is 5.85. The third-order valence-electron chi connectivity index (χ3n) is 6.31. The molecule has 0 spiro atoms. The van der Waals surface area contributed by atoms with Crippen LogP contribution in [-0.2, 0) is 28.8 Å². The summed E-state index contributed by atoms with van der Waals surface area (Å²) in [5.41, 5.74) is 3.79. The Morgan fingerprint density at radius 2 is 2.04 bits per heavy atom. The lowest BCUT2D eigenvalue weighted by atomic mass is 9.98. The highest BCUT2D eigenvalue weighted by Crippen LogP contribution is 2.34. The van der Waals surface area contributed by atoms with Crippen LogP contribution in [0.4, 0.5) is 0 Å². The van der Waals surface area contributed by atoms with Gasteiger partial charge in [0.25, 0.3) is 0 Å². The fourth-order valence-corrected chi connectivity index (χ4v) is 4.75. The quantitative estimate of drug-likeness (QED) is 0.762. The molecule has 2 fully saturated rings. The minimum absolute atomic E-state index is 0.0694. The van der Waals surface area contributed by atoms with Gasteiger partial charge in [0.05, 0.1) is 0 Å². The van der Waals surface area contributed by atoms with E-state index in [-0.39, 0.29) is 12.0 Å². The first-order chi connectivity index (χ1) is 13.4. The molecule has 4 nitrogen and oxygen atoms in total. The van der Waals surface area contributed by atoms with Crippen molar-refractivity contribution in [1.82, 2.24) is 10.2 Å². The van der Waals surface area contributed by atoms with Crippen molar-refractivity contribution < 1.29 is 9.53 Å². The first kappa shape index (κ1) is 19.9. The monoisotopic (exact) mass is 384 g/mol. The second-order valence-corrected chi connectivity index (χ2v) is 10.0. The number of hydrogen-bond acceptors (Lipinski definition) is 4. The molecule has 1 N–H and O–H groups in total. The van der Waals surface area contributed by atoms with E-state index in [1.54, 1.807) is 0 Å². The number of hydrogen-bond donors (Lipinski definition) is 1. The molecule has 0 aromatic heterocycles. The van der Waals surface area contributed by atoms with Crippen LogP contribution in [0.3, 0.4) is 0 Å². The van der Waals surface area contributed by atoms with Crippen molar-refractivity contribution in [2.75, 3.05) is 19.6 Å². The number of ether oxygens (including phenoxy) is 1. The maximum absolute atomic E-state index is 13.2. The lowest BCUT2D eigenvalue weighted by Crippen LogP contribution is -2.57. The fraction of sp³-hybridized carbons (Fsp3) is 0.708. The van der Waals surface area contributed by atoms with Gasteiger partial charge in [0.1, 0.15) is 11.6 Å². The van der Waals surface area contributed by atoms with Gasteiger partial charge in [-0.05, 0) is 75.5 Å². The molecule has 3 aliphatic rings. The zero-order valence-corrected chi connectivity index (χ0v) is 17.8. The molecular formula is C24H36N2O2. The van der Waals surface area contributed by atoms with Crippen LogP contribution >= 0.6 is 0 Å². The van der Waals surface area contributed by atoms with E-state index in [1.165, 1.54) is 55.2 Å². The predicted molar refractivity (Wildman–Crippen MR) is 113 cm³/mol. The van der Waals surface area contributed by atoms with Crippen LogP contribution < -0.4 is 5.32 Å². The maximum Gasteiger partial charge on any atom is 0.324 e. The van der Waals surface area contributed by atoms with Gasteiger partial charge in [-0.25, -0.2) is 0 Å². The molecule has 1 saturated heterocycles. The number of piperazine rings is 1. The van der Waals surface area contributed by atoms with E-state index >= 15 is 0 Å². The van der Waals surface area contributed by atoms with E-state index in [4.69, 9.17) is 4.74 Å². The first-order valence-electron chi connectivity index (χ1n) is 11.2. The minimum Gasteiger partial charge on any atom is -0.459 e. The minimum atomic E-state index is -0.450. The van der Waals surface area contributed by atoms with Gasteiger partial charge in [-0.3, -0.25) is 9.69 Å². The Morgan fingerprint density at radius 3 is 2.79 bits per heavy atom. The van der Waals surface area contributed by atoms with Crippen molar-refractivity contribution in [2.24, 2.45) is 5.92 Å². The summed E-state index contributed by atoms with van der Waals surface area (Å²) in [6, 6.07) is 7.15. The van der Waals surface area contributed by atoms with Crippen LogP contribution in [0.5, 0.6) is 0 Å². The normalized spacial score (nSPS) is 24.0. The van der Waals surface area contributed by atoms with Gasteiger partial charge in [0.15, 0.2) is 0 Å². The van der Waals surface area contributed by atoms with Gasteiger partial charge >= 0.3 is 5.97 Å². The molecule has 0 unspecified atom stereocenters. The van der Waals surface area contributed by atoms with E-state index in [1.807, 2.05) is 20.8 Å². The van der Waals surface area contributed by atoms with Gasteiger partial charge in [0, 0.05) is 25.7 Å². The maximum atomic E-state index is 13.2. The van der Waals surface area contributed by atoms with Crippen molar-refractivity contribution in [2.45, 2.75) is 83.4 Å². The van der Waals surface area contributed by atoms with Gasteiger partial charge in [-0.2, -0.15) is 0 Å². The van der Waals surface area contributed by atoms with E-state index in [9.17, 15) is 4.79 Å². The van der Waals surface area contributed by atoms with E-state index in [2.05, 4.69) is 28.4 Å². The van der Waals surface area contributed by atoms with Gasteiger partial charge in [-0.1, -0.05) is 31.0 Å². The van der Waals surface area contributed by atoms with Crippen molar-refractivity contribution >= 4 is 5.97 Å². The predicted octanol–water partition coefficient (Wildman–Crippen LogP) is 3.50. The summed E-state index contributed by atoms with van der Waals surface area (Å²) in [4.78, 5) is 15.5. The molecule has 0 bridgehead atoms. The van der Waals surface area contributed by atoms with Crippen LogP contribution in [-0.4, -0.2) is 48.2 Å². The largest absolute Gasteiger partial charge is 0.459 e. The Morgan fingerprint density at radius 1 is 1.25 bits per heavy atom. The molecular weight excluding hydrogens is 348 g/mol. The molecule has 2 aliphatic carbocycles. The second-order valence-electron chi connectivity index (χ2n) is 10.0. The Kier molecular flexibility index (Phi) is 5.80. The average molecular weight is 385 g/mol. The summed E-state index contributed by atoms with van der Waals surface area (Å²) >= 11 is 0. The third kappa shape index (κ3) is 5.15. The lowest BCUT2D eigenvalue weighted by molar-refractivity contribution is -0.162. The SMILES string of the molecule is CC(C)(C)OC(=O)[C@H](Cc1ccc2c(c1)CCC2)N1CCN[C@@H](CC2CC2)C1. The summed E-state index contributed by atoms with van der Waals surface area (Å²) in [6.45, 7) is 8.71. The summed E-state index contributed by atoms with van der Waals surface area (Å²) in [5.74, 6) is 0.828. The van der Waals surface area contributed by atoms with Crippen molar-refractivity contribution in [3.63, 3.8) is 0 Å². The van der Waals surface area contributed by atoms with Crippen LogP contribution in [0.1, 0.15) is 63.1 Å². The number of carbonyl (C=O) groups excluding carboxylic acids is 1. The smallest absolute Gasteiger partial charge is 0.324 e. The molecule has 4 heteroatoms. The van der Waals surface area contributed by atoms with Gasteiger partial charge < -0.3 is 10.1 Å². The number of fused-ring (bicyclic) bond motifs is 1. The average Bonchev–Trinajstić information content (AvgIpc) is 3.31. The number of aryl methyl sites for hydroxylation is 2. The summed E-state index contributed by atoms with van der Waals surface area (Å²) in [6.07, 6.45) is 8.39. The van der Waals surface area contributed by atoms with Crippen LogP contribution in [0, 0.1) is 5.92 Å². The highest BCUT2D eigenvalue weighted by Gasteiger charge is 2.35. The molecule has 1 aromatic carbocycles. The molecule has 4 rings (SSSR count). The van der Waals surface area contributed by atoms with E-state index < -0.39 is 5.60 Å². The summed E-state index contributed by atoms with van der Waals surface area (Å²) in [5, 5.41) is 3.67.